The average Bonchev–Trinajstić information content (AvgIpc) is 2.05. The summed E-state index contributed by atoms with van der Waals surface area (Å²) < 4.78 is 17.5. The molecule has 0 bridgehead atoms. The van der Waals surface area contributed by atoms with Crippen LogP contribution in [0.5, 0.6) is 5.88 Å². The second kappa shape index (κ2) is 3.30. The normalized spacial score (nSPS) is 9.73. The Kier molecular flexibility index (Phi) is 2.38. The number of halogens is 1. The molecule has 0 fully saturated rings. The van der Waals surface area contributed by atoms with Crippen LogP contribution in [0.1, 0.15) is 5.56 Å². The lowest BCUT2D eigenvalue weighted by molar-refractivity contribution is 0.394. The van der Waals surface area contributed by atoms with E-state index in [-0.39, 0.29) is 6.54 Å². The quantitative estimate of drug-likeness (QED) is 0.685. The van der Waals surface area contributed by atoms with Gasteiger partial charge in [0.05, 0.1) is 13.3 Å². The van der Waals surface area contributed by atoms with Crippen molar-refractivity contribution in [2.24, 2.45) is 5.73 Å². The predicted octanol–water partition coefficient (Wildman–Crippen LogP) is 0.688. The number of rotatable bonds is 2. The third kappa shape index (κ3) is 1.65. The van der Waals surface area contributed by atoms with Crippen molar-refractivity contribution in [3.8, 4) is 5.88 Å². The minimum absolute atomic E-state index is 0.157. The predicted molar refractivity (Wildman–Crippen MR) is 38.6 cm³/mol. The lowest BCUT2D eigenvalue weighted by Crippen LogP contribution is -2.01. The summed E-state index contributed by atoms with van der Waals surface area (Å²) in [6, 6.07) is 1.48. The molecule has 60 valence electrons. The van der Waals surface area contributed by atoms with E-state index in [0.717, 1.165) is 6.20 Å². The highest BCUT2D eigenvalue weighted by Gasteiger charge is 2.01. The van der Waals surface area contributed by atoms with Crippen molar-refractivity contribution in [1.29, 1.82) is 0 Å². The Hall–Kier alpha value is -1.16. The first-order valence-electron chi connectivity index (χ1n) is 3.16. The molecular formula is C7H9FN2O. The molecule has 0 aliphatic heterocycles. The van der Waals surface area contributed by atoms with Gasteiger partial charge in [0, 0.05) is 18.2 Å². The maximum Gasteiger partial charge on any atom is 0.213 e. The van der Waals surface area contributed by atoms with Crippen LogP contribution < -0.4 is 10.5 Å². The number of hydrogen-bond donors (Lipinski definition) is 1. The molecule has 1 rings (SSSR count). The van der Waals surface area contributed by atoms with Gasteiger partial charge in [-0.2, -0.15) is 0 Å². The fraction of sp³-hybridized carbons (Fsp3) is 0.286. The van der Waals surface area contributed by atoms with Crippen LogP contribution in [0, 0.1) is 5.82 Å². The zero-order valence-electron chi connectivity index (χ0n) is 6.17. The lowest BCUT2D eigenvalue weighted by atomic mass is 10.2. The number of nitrogens with two attached hydrogens (primary N) is 1. The summed E-state index contributed by atoms with van der Waals surface area (Å²) in [4.78, 5) is 3.65. The number of methoxy groups -OCH3 is 1. The zero-order chi connectivity index (χ0) is 8.27. The highest BCUT2D eigenvalue weighted by Crippen LogP contribution is 2.11. The Morgan fingerprint density at radius 1 is 1.73 bits per heavy atom. The second-order valence-electron chi connectivity index (χ2n) is 2.02. The SMILES string of the molecule is COc1cc(CN)c(F)cn1. The molecule has 0 saturated heterocycles. The van der Waals surface area contributed by atoms with E-state index in [1.165, 1.54) is 13.2 Å². The van der Waals surface area contributed by atoms with Gasteiger partial charge in [-0.05, 0) is 0 Å². The smallest absolute Gasteiger partial charge is 0.213 e. The Morgan fingerprint density at radius 2 is 2.45 bits per heavy atom. The fourth-order valence-corrected chi connectivity index (χ4v) is 0.727. The van der Waals surface area contributed by atoms with Gasteiger partial charge < -0.3 is 10.5 Å². The monoisotopic (exact) mass is 156 g/mol. The number of aromatic nitrogens is 1. The van der Waals surface area contributed by atoms with Crippen LogP contribution in [-0.4, -0.2) is 12.1 Å². The molecule has 11 heavy (non-hydrogen) atoms. The van der Waals surface area contributed by atoms with E-state index in [4.69, 9.17) is 10.5 Å². The summed E-state index contributed by atoms with van der Waals surface area (Å²) in [5, 5.41) is 0. The third-order valence-corrected chi connectivity index (χ3v) is 1.34. The molecule has 3 nitrogen and oxygen atoms in total. The van der Waals surface area contributed by atoms with Gasteiger partial charge in [-0.1, -0.05) is 0 Å². The molecule has 0 aromatic carbocycles. The molecule has 4 heteroatoms. The molecule has 0 atom stereocenters. The molecule has 0 amide bonds. The number of nitrogens with zero attached hydrogens (tertiary/aromatic N) is 1. The summed E-state index contributed by atoms with van der Waals surface area (Å²) in [5.74, 6) is -0.0137. The van der Waals surface area contributed by atoms with Gasteiger partial charge in [-0.3, -0.25) is 0 Å². The maximum absolute atomic E-state index is 12.7. The highest BCUT2D eigenvalue weighted by molar-refractivity contribution is 5.21. The molecule has 0 unspecified atom stereocenters. The van der Waals surface area contributed by atoms with Crippen molar-refractivity contribution in [3.63, 3.8) is 0 Å². The molecule has 0 radical (unpaired) electrons. The van der Waals surface area contributed by atoms with E-state index in [2.05, 4.69) is 4.98 Å². The summed E-state index contributed by atoms with van der Waals surface area (Å²) >= 11 is 0. The number of hydrogen-bond acceptors (Lipinski definition) is 3. The topological polar surface area (TPSA) is 48.1 Å². The Morgan fingerprint density at radius 3 is 3.00 bits per heavy atom. The molecule has 0 spiro atoms. The first-order chi connectivity index (χ1) is 5.27. The summed E-state index contributed by atoms with van der Waals surface area (Å²) in [6.45, 7) is 0.157. The molecule has 0 saturated carbocycles. The molecule has 1 aromatic heterocycles. The van der Waals surface area contributed by atoms with E-state index in [1.807, 2.05) is 0 Å². The van der Waals surface area contributed by atoms with Gasteiger partial charge >= 0.3 is 0 Å². The largest absolute Gasteiger partial charge is 0.481 e. The Balaban J connectivity index is 3.02. The van der Waals surface area contributed by atoms with E-state index < -0.39 is 5.82 Å². The number of ether oxygens (including phenoxy) is 1. The minimum atomic E-state index is -0.395. The fourth-order valence-electron chi connectivity index (χ4n) is 0.727. The molecule has 0 aliphatic carbocycles. The first-order valence-corrected chi connectivity index (χ1v) is 3.16. The van der Waals surface area contributed by atoms with Gasteiger partial charge in [0.1, 0.15) is 5.82 Å². The standard InChI is InChI=1S/C7H9FN2O/c1-11-7-2-5(3-9)6(8)4-10-7/h2,4H,3,9H2,1H3. The van der Waals surface area contributed by atoms with Crippen molar-refractivity contribution in [1.82, 2.24) is 4.98 Å². The van der Waals surface area contributed by atoms with Crippen LogP contribution in [0.4, 0.5) is 4.39 Å². The van der Waals surface area contributed by atoms with Crippen molar-refractivity contribution in [2.45, 2.75) is 6.54 Å². The zero-order valence-corrected chi connectivity index (χ0v) is 6.17. The summed E-state index contributed by atoms with van der Waals surface area (Å²) in [7, 11) is 1.47. The lowest BCUT2D eigenvalue weighted by Gasteiger charge is -2.01. The van der Waals surface area contributed by atoms with Crippen LogP contribution in [0.3, 0.4) is 0 Å². The van der Waals surface area contributed by atoms with Crippen molar-refractivity contribution >= 4 is 0 Å². The van der Waals surface area contributed by atoms with Gasteiger partial charge in [0.2, 0.25) is 5.88 Å². The van der Waals surface area contributed by atoms with Crippen LogP contribution in [0.25, 0.3) is 0 Å². The molecular weight excluding hydrogens is 147 g/mol. The molecule has 1 heterocycles. The second-order valence-corrected chi connectivity index (χ2v) is 2.02. The molecule has 0 aliphatic rings. The van der Waals surface area contributed by atoms with Crippen LogP contribution in [0.2, 0.25) is 0 Å². The van der Waals surface area contributed by atoms with Gasteiger partial charge in [-0.25, -0.2) is 9.37 Å². The maximum atomic E-state index is 12.7. The van der Waals surface area contributed by atoms with Gasteiger partial charge in [-0.15, -0.1) is 0 Å². The molecule has 1 aromatic rings. The highest BCUT2D eigenvalue weighted by atomic mass is 19.1. The van der Waals surface area contributed by atoms with E-state index >= 15 is 0 Å². The summed E-state index contributed by atoms with van der Waals surface area (Å²) in [5.41, 5.74) is 5.66. The van der Waals surface area contributed by atoms with Crippen LogP contribution in [0.15, 0.2) is 12.3 Å². The minimum Gasteiger partial charge on any atom is -0.481 e. The van der Waals surface area contributed by atoms with Gasteiger partial charge in [0.25, 0.3) is 0 Å². The Labute approximate surface area is 64.0 Å². The van der Waals surface area contributed by atoms with E-state index in [0.29, 0.717) is 11.4 Å². The average molecular weight is 156 g/mol. The van der Waals surface area contributed by atoms with Crippen molar-refractivity contribution in [2.75, 3.05) is 7.11 Å². The third-order valence-electron chi connectivity index (χ3n) is 1.34. The molecule has 2 N–H and O–H groups in total. The van der Waals surface area contributed by atoms with Crippen molar-refractivity contribution < 1.29 is 9.13 Å². The number of pyridine rings is 1. The van der Waals surface area contributed by atoms with Crippen LogP contribution >= 0.6 is 0 Å². The van der Waals surface area contributed by atoms with E-state index in [1.54, 1.807) is 0 Å². The van der Waals surface area contributed by atoms with Crippen molar-refractivity contribution in [3.05, 3.63) is 23.6 Å². The Bertz CT molecular complexity index is 252. The van der Waals surface area contributed by atoms with E-state index in [9.17, 15) is 4.39 Å². The van der Waals surface area contributed by atoms with Gasteiger partial charge in [0.15, 0.2) is 0 Å². The van der Waals surface area contributed by atoms with Crippen LogP contribution in [-0.2, 0) is 6.54 Å². The summed E-state index contributed by atoms with van der Waals surface area (Å²) in [6.07, 6.45) is 1.10. The first kappa shape index (κ1) is 7.94.